The molecule has 32 heavy (non-hydrogen) atoms. The van der Waals surface area contributed by atoms with Gasteiger partial charge in [-0.15, -0.1) is 0 Å². The first-order chi connectivity index (χ1) is 15.5. The number of pyridine rings is 2. The summed E-state index contributed by atoms with van der Waals surface area (Å²) in [5.74, 6) is 0.0844. The third-order valence-electron chi connectivity index (χ3n) is 6.00. The van der Waals surface area contributed by atoms with E-state index in [9.17, 15) is 13.2 Å². The summed E-state index contributed by atoms with van der Waals surface area (Å²) in [6.45, 7) is 0. The Kier molecular flexibility index (Phi) is 5.31. The van der Waals surface area contributed by atoms with Crippen LogP contribution in [0.5, 0.6) is 0 Å². The summed E-state index contributed by atoms with van der Waals surface area (Å²) in [6, 6.07) is 20.2. The summed E-state index contributed by atoms with van der Waals surface area (Å²) < 4.78 is 25.7. The van der Waals surface area contributed by atoms with Crippen LogP contribution in [0.4, 0.5) is 0 Å². The molecule has 0 spiro atoms. The lowest BCUT2D eigenvalue weighted by atomic mass is 10.0. The maximum Gasteiger partial charge on any atom is 0.184 e. The molecule has 5 nitrogen and oxygen atoms in total. The van der Waals surface area contributed by atoms with E-state index in [1.165, 1.54) is 0 Å². The van der Waals surface area contributed by atoms with Gasteiger partial charge in [-0.2, -0.15) is 0 Å². The van der Waals surface area contributed by atoms with Crippen molar-refractivity contribution in [3.05, 3.63) is 102 Å². The van der Waals surface area contributed by atoms with E-state index in [1.54, 1.807) is 48.8 Å². The molecule has 2 aromatic heterocycles. The van der Waals surface area contributed by atoms with E-state index in [1.807, 2.05) is 36.5 Å². The molecular formula is C26H22N2O3S. The van der Waals surface area contributed by atoms with Gasteiger partial charge >= 0.3 is 0 Å². The van der Waals surface area contributed by atoms with Crippen LogP contribution < -0.4 is 0 Å². The lowest BCUT2D eigenvalue weighted by Gasteiger charge is -2.07. The third kappa shape index (κ3) is 4.32. The molecule has 1 fully saturated rings. The Bertz CT molecular complexity index is 1400. The summed E-state index contributed by atoms with van der Waals surface area (Å²) in [4.78, 5) is 21.4. The molecule has 2 heterocycles. The van der Waals surface area contributed by atoms with Crippen LogP contribution in [-0.2, 0) is 26.8 Å². The molecule has 160 valence electrons. The predicted molar refractivity (Wildman–Crippen MR) is 123 cm³/mol. The fourth-order valence-corrected chi connectivity index (χ4v) is 5.52. The molecule has 0 aliphatic heterocycles. The van der Waals surface area contributed by atoms with Gasteiger partial charge in [0.2, 0.25) is 0 Å². The minimum Gasteiger partial charge on any atom is -0.299 e. The smallest absolute Gasteiger partial charge is 0.184 e. The van der Waals surface area contributed by atoms with Gasteiger partial charge in [-0.25, -0.2) is 8.42 Å². The Morgan fingerprint density at radius 2 is 1.84 bits per heavy atom. The largest absolute Gasteiger partial charge is 0.299 e. The summed E-state index contributed by atoms with van der Waals surface area (Å²) in [5, 5.41) is 2.13. The summed E-state index contributed by atoms with van der Waals surface area (Å²) in [6.07, 6.45) is 6.30. The highest BCUT2D eigenvalue weighted by molar-refractivity contribution is 7.90. The Labute approximate surface area is 187 Å². The number of benzene rings is 2. The minimum absolute atomic E-state index is 0.0584. The van der Waals surface area contributed by atoms with Crippen molar-refractivity contribution in [3.8, 4) is 0 Å². The SMILES string of the molecule is O=C(Cc1ccc2cnccc2c1)C1CC1c1cccc(S(=O)(=O)Cc2ccccn2)c1. The zero-order chi connectivity index (χ0) is 22.1. The number of carbonyl (C=O) groups is 1. The molecule has 0 saturated heterocycles. The lowest BCUT2D eigenvalue weighted by molar-refractivity contribution is -0.119. The van der Waals surface area contributed by atoms with Crippen LogP contribution in [-0.4, -0.2) is 24.2 Å². The van der Waals surface area contributed by atoms with Crippen molar-refractivity contribution in [2.75, 3.05) is 0 Å². The molecular weight excluding hydrogens is 420 g/mol. The second-order valence-corrected chi connectivity index (χ2v) is 10.3. The highest BCUT2D eigenvalue weighted by Crippen LogP contribution is 2.48. The summed E-state index contributed by atoms with van der Waals surface area (Å²) in [7, 11) is -3.50. The molecule has 4 aromatic rings. The number of fused-ring (bicyclic) bond motifs is 1. The molecule has 1 aliphatic rings. The number of sulfone groups is 1. The van der Waals surface area contributed by atoms with Crippen molar-refractivity contribution in [3.63, 3.8) is 0 Å². The highest BCUT2D eigenvalue weighted by atomic mass is 32.2. The number of hydrogen-bond donors (Lipinski definition) is 0. The second-order valence-electron chi connectivity index (χ2n) is 8.30. The molecule has 0 bridgehead atoms. The number of aromatic nitrogens is 2. The Morgan fingerprint density at radius 1 is 0.938 bits per heavy atom. The number of Topliss-reactive ketones (excluding diaryl/α,β-unsaturated/α-hetero) is 1. The summed E-state index contributed by atoms with van der Waals surface area (Å²) >= 11 is 0. The molecule has 5 rings (SSSR count). The molecule has 2 unspecified atom stereocenters. The van der Waals surface area contributed by atoms with E-state index in [0.717, 1.165) is 28.3 Å². The number of carbonyl (C=O) groups excluding carboxylic acids is 1. The van der Waals surface area contributed by atoms with Crippen LogP contribution in [0.3, 0.4) is 0 Å². The zero-order valence-electron chi connectivity index (χ0n) is 17.4. The van der Waals surface area contributed by atoms with Crippen molar-refractivity contribution in [1.82, 2.24) is 9.97 Å². The fraction of sp³-hybridized carbons (Fsp3) is 0.192. The summed E-state index contributed by atoms with van der Waals surface area (Å²) in [5.41, 5.74) is 2.42. The van der Waals surface area contributed by atoms with E-state index in [-0.39, 0.29) is 28.3 Å². The quantitative estimate of drug-likeness (QED) is 0.421. The Balaban J connectivity index is 1.29. The molecule has 1 aliphatic carbocycles. The van der Waals surface area contributed by atoms with Crippen molar-refractivity contribution >= 4 is 26.4 Å². The van der Waals surface area contributed by atoms with Gasteiger partial charge < -0.3 is 0 Å². The average molecular weight is 443 g/mol. The van der Waals surface area contributed by atoms with Crippen LogP contribution in [0, 0.1) is 5.92 Å². The van der Waals surface area contributed by atoms with E-state index >= 15 is 0 Å². The van der Waals surface area contributed by atoms with Gasteiger partial charge in [-0.1, -0.05) is 36.4 Å². The maximum atomic E-state index is 12.9. The van der Waals surface area contributed by atoms with Gasteiger partial charge in [-0.05, 0) is 59.2 Å². The monoisotopic (exact) mass is 442 g/mol. The van der Waals surface area contributed by atoms with Crippen LogP contribution in [0.15, 0.2) is 90.2 Å². The van der Waals surface area contributed by atoms with Gasteiger partial charge in [0.15, 0.2) is 9.84 Å². The number of hydrogen-bond acceptors (Lipinski definition) is 5. The second kappa shape index (κ2) is 8.28. The fourth-order valence-electron chi connectivity index (χ4n) is 4.19. The van der Waals surface area contributed by atoms with Crippen molar-refractivity contribution in [2.45, 2.75) is 29.4 Å². The number of nitrogens with zero attached hydrogens (tertiary/aromatic N) is 2. The Hall–Kier alpha value is -3.38. The third-order valence-corrected chi connectivity index (χ3v) is 7.64. The van der Waals surface area contributed by atoms with Gasteiger partial charge in [0.1, 0.15) is 5.78 Å². The highest BCUT2D eigenvalue weighted by Gasteiger charge is 2.43. The number of rotatable bonds is 7. The minimum atomic E-state index is -3.50. The molecule has 0 radical (unpaired) electrons. The topological polar surface area (TPSA) is 77.0 Å². The van der Waals surface area contributed by atoms with Crippen LogP contribution >= 0.6 is 0 Å². The van der Waals surface area contributed by atoms with E-state index in [4.69, 9.17) is 0 Å². The van der Waals surface area contributed by atoms with Gasteiger partial charge in [-0.3, -0.25) is 14.8 Å². The van der Waals surface area contributed by atoms with Crippen molar-refractivity contribution in [2.24, 2.45) is 5.92 Å². The van der Waals surface area contributed by atoms with Gasteiger partial charge in [0.05, 0.1) is 16.3 Å². The zero-order valence-corrected chi connectivity index (χ0v) is 18.2. The maximum absolute atomic E-state index is 12.9. The van der Waals surface area contributed by atoms with E-state index < -0.39 is 9.84 Å². The molecule has 6 heteroatoms. The first-order valence-corrected chi connectivity index (χ1v) is 12.2. The Morgan fingerprint density at radius 3 is 2.69 bits per heavy atom. The van der Waals surface area contributed by atoms with Crippen LogP contribution in [0.2, 0.25) is 0 Å². The van der Waals surface area contributed by atoms with E-state index in [0.29, 0.717) is 12.1 Å². The van der Waals surface area contributed by atoms with Gasteiger partial charge in [0.25, 0.3) is 0 Å². The molecule has 2 atom stereocenters. The lowest BCUT2D eigenvalue weighted by Crippen LogP contribution is -2.08. The molecule has 2 aromatic carbocycles. The molecule has 1 saturated carbocycles. The van der Waals surface area contributed by atoms with Crippen molar-refractivity contribution < 1.29 is 13.2 Å². The van der Waals surface area contributed by atoms with Gasteiger partial charge in [0, 0.05) is 36.3 Å². The molecule has 0 N–H and O–H groups in total. The normalized spacial score (nSPS) is 17.9. The standard InChI is InChI=1S/C26H22N2O3S/c29-26(13-18-7-8-21-16-27-11-9-19(21)12-18)25-15-24(25)20-4-3-6-23(14-20)32(30,31)17-22-5-1-2-10-28-22/h1-12,14,16,24-25H,13,15,17H2. The average Bonchev–Trinajstić information content (AvgIpc) is 3.61. The van der Waals surface area contributed by atoms with Crippen LogP contribution in [0.1, 0.15) is 29.2 Å². The number of ketones is 1. The van der Waals surface area contributed by atoms with Crippen molar-refractivity contribution in [1.29, 1.82) is 0 Å². The first kappa shape index (κ1) is 20.5. The predicted octanol–water partition coefficient (Wildman–Crippen LogP) is 4.52. The van der Waals surface area contributed by atoms with Crippen LogP contribution in [0.25, 0.3) is 10.8 Å². The first-order valence-electron chi connectivity index (χ1n) is 10.6. The van der Waals surface area contributed by atoms with E-state index in [2.05, 4.69) is 9.97 Å². The molecule has 0 amide bonds.